The number of fused-ring (bicyclic) bond motifs is 1. The second-order valence-corrected chi connectivity index (χ2v) is 4.64. The lowest BCUT2D eigenvalue weighted by Crippen LogP contribution is -2.27. The van der Waals surface area contributed by atoms with Crippen molar-refractivity contribution >= 4 is 5.71 Å². The summed E-state index contributed by atoms with van der Waals surface area (Å²) < 4.78 is 2.03. The molecule has 0 amide bonds. The summed E-state index contributed by atoms with van der Waals surface area (Å²) in [6.45, 7) is 0.813. The van der Waals surface area contributed by atoms with Gasteiger partial charge in [0.1, 0.15) is 0 Å². The molecule has 0 unspecified atom stereocenters. The minimum absolute atomic E-state index is 0.249. The van der Waals surface area contributed by atoms with Crippen molar-refractivity contribution < 1.29 is 5.21 Å². The molecule has 1 atom stereocenters. The van der Waals surface area contributed by atoms with E-state index in [4.69, 9.17) is 0 Å². The lowest BCUT2D eigenvalue weighted by atomic mass is 9.82. The Kier molecular flexibility index (Phi) is 2.84. The molecule has 0 fully saturated rings. The third kappa shape index (κ3) is 1.90. The Balaban J connectivity index is 1.90. The zero-order valence-electron chi connectivity index (χ0n) is 10.0. The van der Waals surface area contributed by atoms with E-state index in [-0.39, 0.29) is 5.92 Å². The monoisotopic (exact) mass is 241 g/mol. The van der Waals surface area contributed by atoms with Gasteiger partial charge in [0.15, 0.2) is 0 Å². The highest BCUT2D eigenvalue weighted by Crippen LogP contribution is 2.27. The fourth-order valence-electron chi connectivity index (χ4n) is 2.64. The number of aryl methyl sites for hydroxylation is 1. The molecule has 0 bridgehead atoms. The molecule has 3 rings (SSSR count). The smallest absolute Gasteiger partial charge is 0.0946 e. The highest BCUT2D eigenvalue weighted by Gasteiger charge is 2.25. The average molecular weight is 241 g/mol. The van der Waals surface area contributed by atoms with Gasteiger partial charge in [-0.2, -0.15) is 0 Å². The van der Waals surface area contributed by atoms with Crippen LogP contribution < -0.4 is 0 Å². The quantitative estimate of drug-likeness (QED) is 0.648. The van der Waals surface area contributed by atoms with Gasteiger partial charge in [-0.1, -0.05) is 29.4 Å². The molecule has 1 heterocycles. The van der Waals surface area contributed by atoms with E-state index in [1.54, 1.807) is 12.5 Å². The van der Waals surface area contributed by atoms with E-state index in [0.29, 0.717) is 0 Å². The molecule has 0 saturated carbocycles. The molecule has 0 spiro atoms. The maximum absolute atomic E-state index is 9.30. The Labute approximate surface area is 106 Å². The van der Waals surface area contributed by atoms with Gasteiger partial charge in [0, 0.05) is 30.4 Å². The highest BCUT2D eigenvalue weighted by molar-refractivity contribution is 6.03. The van der Waals surface area contributed by atoms with Crippen LogP contribution in [0.3, 0.4) is 0 Å². The zero-order valence-corrected chi connectivity index (χ0v) is 10.0. The Morgan fingerprint density at radius 1 is 1.39 bits per heavy atom. The molecule has 4 heteroatoms. The van der Waals surface area contributed by atoms with Gasteiger partial charge in [-0.05, 0) is 18.4 Å². The van der Waals surface area contributed by atoms with E-state index in [1.165, 1.54) is 5.56 Å². The second-order valence-electron chi connectivity index (χ2n) is 4.64. The van der Waals surface area contributed by atoms with Crippen LogP contribution in [-0.2, 0) is 13.0 Å². The Hall–Kier alpha value is -2.10. The molecular weight excluding hydrogens is 226 g/mol. The molecule has 1 N–H and O–H groups in total. The molecule has 0 radical (unpaired) electrons. The summed E-state index contributed by atoms with van der Waals surface area (Å²) in [5, 5.41) is 12.8. The predicted octanol–water partition coefficient (Wildman–Crippen LogP) is 2.32. The van der Waals surface area contributed by atoms with E-state index < -0.39 is 0 Å². The molecule has 1 aliphatic carbocycles. The van der Waals surface area contributed by atoms with Crippen LogP contribution in [0.2, 0.25) is 0 Å². The SMILES string of the molecule is ON=C1c2ccccc2CC[C@@H]1Cn1ccnc1. The molecule has 0 aliphatic heterocycles. The zero-order chi connectivity index (χ0) is 12.4. The average Bonchev–Trinajstić information content (AvgIpc) is 2.91. The lowest BCUT2D eigenvalue weighted by molar-refractivity contribution is 0.312. The van der Waals surface area contributed by atoms with Crippen LogP contribution in [0.25, 0.3) is 0 Å². The largest absolute Gasteiger partial charge is 0.411 e. The lowest BCUT2D eigenvalue weighted by Gasteiger charge is -2.25. The predicted molar refractivity (Wildman–Crippen MR) is 68.8 cm³/mol. The number of oxime groups is 1. The molecule has 18 heavy (non-hydrogen) atoms. The van der Waals surface area contributed by atoms with Gasteiger partial charge in [-0.3, -0.25) is 0 Å². The molecule has 2 aromatic rings. The van der Waals surface area contributed by atoms with E-state index in [9.17, 15) is 5.21 Å². The summed E-state index contributed by atoms with van der Waals surface area (Å²) in [7, 11) is 0. The van der Waals surface area contributed by atoms with Gasteiger partial charge < -0.3 is 9.77 Å². The molecule has 4 nitrogen and oxygen atoms in total. The summed E-state index contributed by atoms with van der Waals surface area (Å²) in [5.74, 6) is 0.249. The van der Waals surface area contributed by atoms with Crippen LogP contribution in [0.1, 0.15) is 17.5 Å². The maximum Gasteiger partial charge on any atom is 0.0946 e. The van der Waals surface area contributed by atoms with Crippen LogP contribution in [0.15, 0.2) is 48.1 Å². The minimum Gasteiger partial charge on any atom is -0.411 e. The van der Waals surface area contributed by atoms with Crippen molar-refractivity contribution in [3.63, 3.8) is 0 Å². The van der Waals surface area contributed by atoms with Crippen LogP contribution in [0, 0.1) is 5.92 Å². The Morgan fingerprint density at radius 2 is 2.28 bits per heavy atom. The van der Waals surface area contributed by atoms with Crippen LogP contribution in [0.5, 0.6) is 0 Å². The summed E-state index contributed by atoms with van der Waals surface area (Å²) in [6, 6.07) is 8.16. The number of imidazole rings is 1. The molecule has 1 aromatic heterocycles. The third-order valence-corrected chi connectivity index (χ3v) is 3.54. The Bertz CT molecular complexity index is 560. The number of aromatic nitrogens is 2. The standard InChI is InChI=1S/C14H15N3O/c18-16-14-12(9-17-8-7-15-10-17)6-5-11-3-1-2-4-13(11)14/h1-4,7-8,10,12,18H,5-6,9H2/t12-/m1/s1. The van der Waals surface area contributed by atoms with Crippen LogP contribution >= 0.6 is 0 Å². The summed E-state index contributed by atoms with van der Waals surface area (Å²) in [4.78, 5) is 4.04. The van der Waals surface area contributed by atoms with Gasteiger partial charge in [0.25, 0.3) is 0 Å². The fraction of sp³-hybridized carbons (Fsp3) is 0.286. The molecular formula is C14H15N3O. The van der Waals surface area contributed by atoms with Gasteiger partial charge in [0.2, 0.25) is 0 Å². The first-order valence-corrected chi connectivity index (χ1v) is 6.14. The maximum atomic E-state index is 9.30. The van der Waals surface area contributed by atoms with Crippen molar-refractivity contribution in [2.24, 2.45) is 11.1 Å². The van der Waals surface area contributed by atoms with Gasteiger partial charge in [-0.25, -0.2) is 4.98 Å². The van der Waals surface area contributed by atoms with Crippen molar-refractivity contribution in [1.82, 2.24) is 9.55 Å². The van der Waals surface area contributed by atoms with Crippen molar-refractivity contribution in [3.8, 4) is 0 Å². The number of hydrogen-bond acceptors (Lipinski definition) is 3. The first-order chi connectivity index (χ1) is 8.88. The minimum atomic E-state index is 0.249. The fourth-order valence-corrected chi connectivity index (χ4v) is 2.64. The summed E-state index contributed by atoms with van der Waals surface area (Å²) in [6.07, 6.45) is 7.56. The van der Waals surface area contributed by atoms with Gasteiger partial charge in [0.05, 0.1) is 12.0 Å². The van der Waals surface area contributed by atoms with Crippen molar-refractivity contribution in [3.05, 3.63) is 54.1 Å². The Morgan fingerprint density at radius 3 is 3.06 bits per heavy atom. The van der Waals surface area contributed by atoms with Crippen molar-refractivity contribution in [2.45, 2.75) is 19.4 Å². The molecule has 0 saturated heterocycles. The van der Waals surface area contributed by atoms with Crippen molar-refractivity contribution in [1.29, 1.82) is 0 Å². The number of hydrogen-bond donors (Lipinski definition) is 1. The van der Waals surface area contributed by atoms with Crippen LogP contribution in [0.4, 0.5) is 0 Å². The highest BCUT2D eigenvalue weighted by atomic mass is 16.4. The first-order valence-electron chi connectivity index (χ1n) is 6.14. The van der Waals surface area contributed by atoms with Crippen LogP contribution in [-0.4, -0.2) is 20.5 Å². The number of benzene rings is 1. The topological polar surface area (TPSA) is 50.4 Å². The second kappa shape index (κ2) is 4.64. The molecule has 1 aromatic carbocycles. The number of rotatable bonds is 2. The van der Waals surface area contributed by atoms with E-state index in [0.717, 1.165) is 30.7 Å². The van der Waals surface area contributed by atoms with E-state index in [2.05, 4.69) is 16.2 Å². The van der Waals surface area contributed by atoms with Gasteiger partial charge in [-0.15, -0.1) is 0 Å². The van der Waals surface area contributed by atoms with Gasteiger partial charge >= 0.3 is 0 Å². The summed E-state index contributed by atoms with van der Waals surface area (Å²) >= 11 is 0. The van der Waals surface area contributed by atoms with E-state index in [1.807, 2.05) is 29.0 Å². The molecule has 1 aliphatic rings. The van der Waals surface area contributed by atoms with Crippen molar-refractivity contribution in [2.75, 3.05) is 0 Å². The third-order valence-electron chi connectivity index (χ3n) is 3.54. The normalized spacial score (nSPS) is 20.9. The first kappa shape index (κ1) is 11.0. The number of nitrogens with zero attached hydrogens (tertiary/aromatic N) is 3. The summed E-state index contributed by atoms with van der Waals surface area (Å²) in [5.41, 5.74) is 3.15. The van der Waals surface area contributed by atoms with E-state index >= 15 is 0 Å². The molecule has 92 valence electrons.